The number of aromatic hydroxyl groups is 1. The minimum Gasteiger partial charge on any atom is -0.507 e. The molecule has 0 bridgehead atoms. The summed E-state index contributed by atoms with van der Waals surface area (Å²) in [6.07, 6.45) is -0.904. The molecular weight excluding hydrogens is 1030 g/mol. The summed E-state index contributed by atoms with van der Waals surface area (Å²) in [7, 11) is 1.60. The number of rotatable bonds is 20. The maximum absolute atomic E-state index is 16.5. The zero-order valence-corrected chi connectivity index (χ0v) is 44.8. The first-order valence-electron chi connectivity index (χ1n) is 24.8. The molecule has 2 aliphatic rings. The molecule has 20 nitrogen and oxygen atoms in total. The molecule has 0 unspecified atom stereocenters. The molecule has 2 fully saturated rings. The smallest absolute Gasteiger partial charge is 0.314 e. The summed E-state index contributed by atoms with van der Waals surface area (Å²) in [5.74, 6) is -3.93. The number of fused-ring (bicyclic) bond motifs is 1. The van der Waals surface area contributed by atoms with Crippen molar-refractivity contribution in [2.45, 2.75) is 71.7 Å². The highest BCUT2D eigenvalue weighted by Crippen LogP contribution is 2.43. The van der Waals surface area contributed by atoms with Crippen molar-refractivity contribution in [3.63, 3.8) is 0 Å². The van der Waals surface area contributed by atoms with Gasteiger partial charge in [0.25, 0.3) is 0 Å². The number of carbonyl (C=O) groups is 5. The number of phenolic OH excluding ortho intramolecular Hbond substituents is 1. The Morgan fingerprint density at radius 1 is 0.987 bits per heavy atom. The van der Waals surface area contributed by atoms with E-state index in [9.17, 15) is 38.6 Å². The van der Waals surface area contributed by atoms with Gasteiger partial charge < -0.3 is 61.0 Å². The molecule has 3 aromatic carbocycles. The highest BCUT2D eigenvalue weighted by Gasteiger charge is 2.45. The number of aliphatic hydroxyl groups excluding tert-OH is 1. The molecule has 0 aliphatic carbocycles. The summed E-state index contributed by atoms with van der Waals surface area (Å²) in [5, 5.41) is 29.9. The Morgan fingerprint density at radius 2 is 1.70 bits per heavy atom. The number of nitrogens with one attached hydrogen (secondary N) is 3. The second-order valence-corrected chi connectivity index (χ2v) is 21.1. The number of aromatic nitrogens is 3. The molecular formula is C52H64ClF2N11O9S. The predicted octanol–water partition coefficient (Wildman–Crippen LogP) is 5.23. The van der Waals surface area contributed by atoms with Crippen LogP contribution in [0, 0.1) is 24.0 Å². The Balaban J connectivity index is 0.859. The van der Waals surface area contributed by atoms with Crippen LogP contribution in [0.1, 0.15) is 57.8 Å². The van der Waals surface area contributed by atoms with Gasteiger partial charge in [-0.05, 0) is 48.6 Å². The lowest BCUT2D eigenvalue weighted by Crippen LogP contribution is -2.58. The van der Waals surface area contributed by atoms with Gasteiger partial charge >= 0.3 is 6.03 Å². The normalized spacial score (nSPS) is 16.6. The molecule has 4 atom stereocenters. The molecule has 2 aliphatic heterocycles. The van der Waals surface area contributed by atoms with Crippen molar-refractivity contribution in [1.82, 2.24) is 40.3 Å². The van der Waals surface area contributed by atoms with Crippen LogP contribution >= 0.6 is 22.9 Å². The second kappa shape index (κ2) is 24.9. The standard InChI is InChI=1S/C52H64ClF2N11O9S/c1-29(31-10-12-32(13-11-31)45-30(2)58-28-76-45)59-48(71)37-24-33(67)26-66(37)49(72)46(52(3,4)5)60-39(69)27-75-23-22-74-21-20-63(6)40(70)14-15-57-51-61-44-34(47(62-51)64-16-18-65(19-17-64)50(56)73)25-35(53)41(43(44)55)42-36(54)8-7-9-38(42)68/h7-13,25,28-29,33,37,46,67-68H,14-24,26-27H2,1-6H3,(H2,56,73)(H,59,71)(H,60,69)(H,57,61,62)/t29-,33+,37-,46+/m0/s1. The maximum Gasteiger partial charge on any atom is 0.314 e. The number of urea groups is 1. The first kappa shape index (κ1) is 56.9. The van der Waals surface area contributed by atoms with Crippen LogP contribution in [-0.2, 0) is 28.7 Å². The van der Waals surface area contributed by atoms with E-state index in [2.05, 4.69) is 30.9 Å². The van der Waals surface area contributed by atoms with E-state index in [0.29, 0.717) is 13.1 Å². The molecule has 7 rings (SSSR count). The Hall–Kier alpha value is -6.79. The van der Waals surface area contributed by atoms with Crippen LogP contribution in [0.25, 0.3) is 32.5 Å². The number of hydrogen-bond acceptors (Lipinski definition) is 15. The van der Waals surface area contributed by atoms with Crippen LogP contribution in [0.5, 0.6) is 5.75 Å². The average molecular weight is 1090 g/mol. The van der Waals surface area contributed by atoms with Gasteiger partial charge in [0.2, 0.25) is 29.6 Å². The summed E-state index contributed by atoms with van der Waals surface area (Å²) >= 11 is 8.11. The van der Waals surface area contributed by atoms with E-state index in [-0.39, 0.29) is 111 Å². The SMILES string of the molecule is Cc1ncsc1-c1ccc([C@H](C)NC(=O)[C@@H]2C[C@@H](O)CN2C(=O)[C@@H](NC(=O)COCCOCCN(C)C(=O)CCNc2nc(N3CCN(C(N)=O)CC3)c3cc(Cl)c(-c4c(O)cccc4F)c(F)c3n2)C(C)(C)C)cc1. The molecule has 7 N–H and O–H groups in total. The fourth-order valence-corrected chi connectivity index (χ4v) is 10.1. The number of benzene rings is 3. The molecule has 5 aromatic rings. The number of aliphatic hydroxyl groups is 1. The number of thiazole rings is 1. The number of anilines is 2. The minimum absolute atomic E-state index is 0.0201. The third-order valence-electron chi connectivity index (χ3n) is 13.3. The van der Waals surface area contributed by atoms with Crippen LogP contribution < -0.4 is 26.6 Å². The first-order valence-corrected chi connectivity index (χ1v) is 26.1. The number of β-amino-alcohol motifs (C(OH)–C–C–N with tert-alkyl or cyclic N) is 1. The Bertz CT molecular complexity index is 2900. The van der Waals surface area contributed by atoms with Crippen molar-refractivity contribution < 1.29 is 52.4 Å². The maximum atomic E-state index is 16.5. The predicted molar refractivity (Wildman–Crippen MR) is 284 cm³/mol. The number of hydrogen-bond donors (Lipinski definition) is 6. The van der Waals surface area contributed by atoms with Gasteiger partial charge in [0, 0.05) is 76.7 Å². The Morgan fingerprint density at radius 3 is 2.36 bits per heavy atom. The topological polar surface area (TPSA) is 258 Å². The highest BCUT2D eigenvalue weighted by atomic mass is 35.5. The molecule has 24 heteroatoms. The number of phenols is 1. The number of nitrogens with zero attached hydrogens (tertiary/aromatic N) is 7. The lowest BCUT2D eigenvalue weighted by Gasteiger charge is -2.35. The zero-order valence-electron chi connectivity index (χ0n) is 43.2. The van der Waals surface area contributed by atoms with Crippen LogP contribution in [0.15, 0.2) is 54.0 Å². The van der Waals surface area contributed by atoms with Gasteiger partial charge in [-0.1, -0.05) is 62.7 Å². The van der Waals surface area contributed by atoms with Crippen molar-refractivity contribution in [3.05, 3.63) is 82.0 Å². The van der Waals surface area contributed by atoms with Gasteiger partial charge in [-0.3, -0.25) is 19.2 Å². The van der Waals surface area contributed by atoms with E-state index in [1.54, 1.807) is 44.7 Å². The van der Waals surface area contributed by atoms with Crippen molar-refractivity contribution >= 4 is 75.3 Å². The van der Waals surface area contributed by atoms with Crippen molar-refractivity contribution in [3.8, 4) is 27.3 Å². The molecule has 0 saturated carbocycles. The summed E-state index contributed by atoms with van der Waals surface area (Å²) in [6.45, 7) is 10.3. The monoisotopic (exact) mass is 1090 g/mol. The summed E-state index contributed by atoms with van der Waals surface area (Å²) in [5.41, 5.74) is 8.29. The van der Waals surface area contributed by atoms with Gasteiger partial charge in [0.05, 0.1) is 58.6 Å². The zero-order chi connectivity index (χ0) is 55.0. The minimum atomic E-state index is -1.04. The molecule has 0 spiro atoms. The number of likely N-dealkylation sites (N-methyl/N-ethyl adjacent to an activating group) is 1. The van der Waals surface area contributed by atoms with Gasteiger partial charge in [0.1, 0.15) is 41.6 Å². The lowest BCUT2D eigenvalue weighted by atomic mass is 9.85. The Labute approximate surface area is 447 Å². The molecule has 6 amide bonds. The van der Waals surface area contributed by atoms with Crippen LogP contribution in [0.4, 0.5) is 25.3 Å². The quantitative estimate of drug-likeness (QED) is 0.0546. The molecule has 0 radical (unpaired) electrons. The number of piperazine rings is 1. The third kappa shape index (κ3) is 13.6. The van der Waals surface area contributed by atoms with E-state index >= 15 is 4.39 Å². The molecule has 2 saturated heterocycles. The molecule has 408 valence electrons. The average Bonchev–Trinajstić information content (AvgIpc) is 4.01. The fraction of sp³-hybridized carbons (Fsp3) is 0.462. The second-order valence-electron chi connectivity index (χ2n) is 19.8. The summed E-state index contributed by atoms with van der Waals surface area (Å²) in [6, 6.07) is 9.80. The molecule has 2 aromatic heterocycles. The van der Waals surface area contributed by atoms with E-state index in [4.69, 9.17) is 26.8 Å². The van der Waals surface area contributed by atoms with E-state index in [0.717, 1.165) is 27.8 Å². The van der Waals surface area contributed by atoms with Crippen LogP contribution in [-0.4, -0.2) is 167 Å². The van der Waals surface area contributed by atoms with Crippen molar-refractivity contribution in [2.24, 2.45) is 11.1 Å². The van der Waals surface area contributed by atoms with Gasteiger partial charge in [-0.2, -0.15) is 4.98 Å². The van der Waals surface area contributed by atoms with Gasteiger partial charge in [0.15, 0.2) is 5.82 Å². The van der Waals surface area contributed by atoms with Crippen LogP contribution in [0.3, 0.4) is 0 Å². The number of nitrogens with two attached hydrogens (primary N) is 1. The van der Waals surface area contributed by atoms with Crippen molar-refractivity contribution in [2.75, 3.05) is 89.5 Å². The number of halogens is 3. The Kier molecular flexibility index (Phi) is 18.7. The van der Waals surface area contributed by atoms with E-state index in [1.807, 2.05) is 43.0 Å². The third-order valence-corrected chi connectivity index (χ3v) is 14.6. The number of likely N-dealkylation sites (tertiary alicyclic amines) is 1. The molecule has 76 heavy (non-hydrogen) atoms. The van der Waals surface area contributed by atoms with E-state index < -0.39 is 76.3 Å². The largest absolute Gasteiger partial charge is 0.507 e. The molecule has 4 heterocycles. The number of primary amides is 1. The first-order chi connectivity index (χ1) is 36.1. The lowest BCUT2D eigenvalue weighted by molar-refractivity contribution is -0.144. The number of amides is 6. The van der Waals surface area contributed by atoms with Crippen molar-refractivity contribution in [1.29, 1.82) is 0 Å². The van der Waals surface area contributed by atoms with Gasteiger partial charge in [-0.15, -0.1) is 11.3 Å². The summed E-state index contributed by atoms with van der Waals surface area (Å²) < 4.78 is 42.7. The number of carbonyl (C=O) groups excluding carboxylic acids is 5. The number of ether oxygens (including phenoxy) is 2. The fourth-order valence-electron chi connectivity index (χ4n) is 9.03. The highest BCUT2D eigenvalue weighted by molar-refractivity contribution is 7.13. The van der Waals surface area contributed by atoms with Gasteiger partial charge in [-0.25, -0.2) is 23.5 Å². The summed E-state index contributed by atoms with van der Waals surface area (Å²) in [4.78, 5) is 86.3. The number of aryl methyl sites for hydroxylation is 1. The van der Waals surface area contributed by atoms with E-state index in [1.165, 1.54) is 32.9 Å². The van der Waals surface area contributed by atoms with Crippen LogP contribution in [0.2, 0.25) is 5.02 Å².